The third-order valence-electron chi connectivity index (χ3n) is 5.57. The Balaban J connectivity index is 1.29. The molecule has 8 heteroatoms. The molecular weight excluding hydrogens is 416 g/mol. The summed E-state index contributed by atoms with van der Waals surface area (Å²) in [5.74, 6) is 0.994. The summed E-state index contributed by atoms with van der Waals surface area (Å²) >= 11 is 5.96. The standard InChI is InChI=1S/C23H25ClN4O3/c1-31-20-6-2-17(3-7-20)4-9-22(29)27-12-10-26(11-13-27)16-19-14-23(30)28-15-18(24)5-8-21(28)25-19/h2-3,5-8,14-15H,4,9-13,16H2,1H3. The fourth-order valence-corrected chi connectivity index (χ4v) is 3.95. The first-order valence-corrected chi connectivity index (χ1v) is 10.7. The zero-order valence-electron chi connectivity index (χ0n) is 17.5. The van der Waals surface area contributed by atoms with E-state index in [0.717, 1.165) is 36.5 Å². The van der Waals surface area contributed by atoms with Gasteiger partial charge in [0, 0.05) is 51.4 Å². The van der Waals surface area contributed by atoms with Crippen LogP contribution in [-0.2, 0) is 17.8 Å². The number of aromatic nitrogens is 2. The molecule has 2 aromatic heterocycles. The summed E-state index contributed by atoms with van der Waals surface area (Å²) in [6, 6.07) is 12.8. The maximum absolute atomic E-state index is 12.6. The van der Waals surface area contributed by atoms with E-state index in [1.807, 2.05) is 29.2 Å². The number of pyridine rings is 1. The maximum atomic E-state index is 12.6. The second-order valence-electron chi connectivity index (χ2n) is 7.67. The lowest BCUT2D eigenvalue weighted by molar-refractivity contribution is -0.133. The van der Waals surface area contributed by atoms with Crippen LogP contribution in [-0.4, -0.2) is 58.4 Å². The highest BCUT2D eigenvalue weighted by Gasteiger charge is 2.21. The van der Waals surface area contributed by atoms with Gasteiger partial charge in [-0.1, -0.05) is 23.7 Å². The van der Waals surface area contributed by atoms with E-state index in [-0.39, 0.29) is 11.5 Å². The highest BCUT2D eigenvalue weighted by molar-refractivity contribution is 6.30. The molecule has 0 unspecified atom stereocenters. The van der Waals surface area contributed by atoms with Gasteiger partial charge >= 0.3 is 0 Å². The van der Waals surface area contributed by atoms with Gasteiger partial charge in [-0.2, -0.15) is 0 Å². The van der Waals surface area contributed by atoms with Crippen molar-refractivity contribution in [3.63, 3.8) is 0 Å². The molecule has 0 bridgehead atoms. The average Bonchev–Trinajstić information content (AvgIpc) is 2.79. The molecule has 7 nitrogen and oxygen atoms in total. The molecule has 1 aliphatic rings. The van der Waals surface area contributed by atoms with Crippen molar-refractivity contribution < 1.29 is 9.53 Å². The summed E-state index contributed by atoms with van der Waals surface area (Å²) in [6.07, 6.45) is 2.79. The minimum atomic E-state index is -0.144. The molecular formula is C23H25ClN4O3. The molecule has 1 aliphatic heterocycles. The van der Waals surface area contributed by atoms with Crippen LogP contribution in [0.3, 0.4) is 0 Å². The van der Waals surface area contributed by atoms with Gasteiger partial charge in [-0.3, -0.25) is 18.9 Å². The van der Waals surface area contributed by atoms with Crippen molar-refractivity contribution in [1.82, 2.24) is 19.2 Å². The Morgan fingerprint density at radius 2 is 1.84 bits per heavy atom. The molecule has 1 saturated heterocycles. The third kappa shape index (κ3) is 5.24. The number of hydrogen-bond donors (Lipinski definition) is 0. The summed E-state index contributed by atoms with van der Waals surface area (Å²) in [6.45, 7) is 3.47. The van der Waals surface area contributed by atoms with E-state index in [1.165, 1.54) is 4.40 Å². The van der Waals surface area contributed by atoms with Gasteiger partial charge in [-0.15, -0.1) is 0 Å². The molecule has 0 aliphatic carbocycles. The van der Waals surface area contributed by atoms with Crippen LogP contribution >= 0.6 is 11.6 Å². The third-order valence-corrected chi connectivity index (χ3v) is 5.80. The molecule has 31 heavy (non-hydrogen) atoms. The van der Waals surface area contributed by atoms with E-state index in [4.69, 9.17) is 16.3 Å². The number of rotatable bonds is 6. The van der Waals surface area contributed by atoms with Crippen LogP contribution < -0.4 is 10.3 Å². The molecule has 0 radical (unpaired) electrons. The van der Waals surface area contributed by atoms with Gasteiger partial charge in [0.25, 0.3) is 5.56 Å². The van der Waals surface area contributed by atoms with Crippen LogP contribution in [0.5, 0.6) is 5.75 Å². The lowest BCUT2D eigenvalue weighted by atomic mass is 10.1. The Morgan fingerprint density at radius 1 is 1.10 bits per heavy atom. The monoisotopic (exact) mass is 440 g/mol. The molecule has 162 valence electrons. The number of carbonyl (C=O) groups is 1. The number of benzene rings is 1. The molecule has 1 aromatic carbocycles. The lowest BCUT2D eigenvalue weighted by Crippen LogP contribution is -2.48. The normalized spacial score (nSPS) is 14.7. The predicted molar refractivity (Wildman–Crippen MR) is 120 cm³/mol. The minimum Gasteiger partial charge on any atom is -0.497 e. The SMILES string of the molecule is COc1ccc(CCC(=O)N2CCN(Cc3cc(=O)n4cc(Cl)ccc4n3)CC2)cc1. The number of nitrogens with zero attached hydrogens (tertiary/aromatic N) is 4. The predicted octanol–water partition coefficient (Wildman–Crippen LogP) is 2.63. The van der Waals surface area contributed by atoms with E-state index in [0.29, 0.717) is 36.7 Å². The Morgan fingerprint density at radius 3 is 2.55 bits per heavy atom. The van der Waals surface area contributed by atoms with Crippen molar-refractivity contribution in [2.24, 2.45) is 0 Å². The number of methoxy groups -OCH3 is 1. The second kappa shape index (κ2) is 9.49. The van der Waals surface area contributed by atoms with Gasteiger partial charge < -0.3 is 9.64 Å². The zero-order chi connectivity index (χ0) is 21.8. The van der Waals surface area contributed by atoms with Gasteiger partial charge in [0.2, 0.25) is 5.91 Å². The van der Waals surface area contributed by atoms with Crippen LogP contribution in [0.15, 0.2) is 53.5 Å². The van der Waals surface area contributed by atoms with E-state index in [2.05, 4.69) is 9.88 Å². The first-order chi connectivity index (χ1) is 15.0. The molecule has 3 heterocycles. The summed E-state index contributed by atoms with van der Waals surface area (Å²) in [7, 11) is 1.64. The Kier molecular flexibility index (Phi) is 6.53. The fraction of sp³-hybridized carbons (Fsp3) is 0.348. The summed E-state index contributed by atoms with van der Waals surface area (Å²) in [5.41, 5.74) is 2.29. The van der Waals surface area contributed by atoms with Gasteiger partial charge in [-0.05, 0) is 36.2 Å². The zero-order valence-corrected chi connectivity index (χ0v) is 18.2. The molecule has 0 spiro atoms. The number of piperazine rings is 1. The van der Waals surface area contributed by atoms with Gasteiger partial charge in [0.1, 0.15) is 11.4 Å². The van der Waals surface area contributed by atoms with Crippen LogP contribution in [0, 0.1) is 0 Å². The van der Waals surface area contributed by atoms with Crippen LogP contribution in [0.1, 0.15) is 17.7 Å². The molecule has 0 saturated carbocycles. The summed E-state index contributed by atoms with van der Waals surface area (Å²) in [5, 5.41) is 0.497. The molecule has 0 atom stereocenters. The number of aryl methyl sites for hydroxylation is 1. The number of carbonyl (C=O) groups excluding carboxylic acids is 1. The first kappa shape index (κ1) is 21.3. The Hall–Kier alpha value is -2.90. The molecule has 4 rings (SSSR count). The lowest BCUT2D eigenvalue weighted by Gasteiger charge is -2.34. The fourth-order valence-electron chi connectivity index (χ4n) is 3.79. The van der Waals surface area contributed by atoms with E-state index >= 15 is 0 Å². The van der Waals surface area contributed by atoms with Crippen LogP contribution in [0.25, 0.3) is 5.65 Å². The average molecular weight is 441 g/mol. The van der Waals surface area contributed by atoms with E-state index < -0.39 is 0 Å². The number of hydrogen-bond acceptors (Lipinski definition) is 5. The van der Waals surface area contributed by atoms with Crippen molar-refractivity contribution in [2.45, 2.75) is 19.4 Å². The highest BCUT2D eigenvalue weighted by atomic mass is 35.5. The van der Waals surface area contributed by atoms with E-state index in [1.54, 1.807) is 31.5 Å². The molecule has 0 N–H and O–H groups in total. The van der Waals surface area contributed by atoms with Crippen molar-refractivity contribution in [1.29, 1.82) is 0 Å². The number of ether oxygens (including phenoxy) is 1. The smallest absolute Gasteiger partial charge is 0.258 e. The first-order valence-electron chi connectivity index (χ1n) is 10.3. The number of fused-ring (bicyclic) bond motifs is 1. The highest BCUT2D eigenvalue weighted by Crippen LogP contribution is 2.14. The quantitative estimate of drug-likeness (QED) is 0.589. The van der Waals surface area contributed by atoms with Gasteiger partial charge in [0.05, 0.1) is 17.8 Å². The summed E-state index contributed by atoms with van der Waals surface area (Å²) in [4.78, 5) is 33.7. The largest absolute Gasteiger partial charge is 0.497 e. The van der Waals surface area contributed by atoms with E-state index in [9.17, 15) is 9.59 Å². The van der Waals surface area contributed by atoms with Crippen LogP contribution in [0.4, 0.5) is 0 Å². The van der Waals surface area contributed by atoms with Crippen molar-refractivity contribution in [2.75, 3.05) is 33.3 Å². The van der Waals surface area contributed by atoms with Gasteiger partial charge in [-0.25, -0.2) is 4.98 Å². The Bertz CT molecular complexity index is 1120. The molecule has 3 aromatic rings. The summed E-state index contributed by atoms with van der Waals surface area (Å²) < 4.78 is 6.62. The second-order valence-corrected chi connectivity index (χ2v) is 8.10. The Labute approximate surface area is 185 Å². The number of amides is 1. The van der Waals surface area contributed by atoms with Crippen molar-refractivity contribution in [3.8, 4) is 5.75 Å². The van der Waals surface area contributed by atoms with Crippen molar-refractivity contribution >= 4 is 23.2 Å². The number of halogens is 1. The molecule has 1 amide bonds. The van der Waals surface area contributed by atoms with Crippen molar-refractivity contribution in [3.05, 3.63) is 75.3 Å². The van der Waals surface area contributed by atoms with Crippen LogP contribution in [0.2, 0.25) is 5.02 Å². The minimum absolute atomic E-state index is 0.144. The van der Waals surface area contributed by atoms with Gasteiger partial charge in [0.15, 0.2) is 0 Å². The topological polar surface area (TPSA) is 67.2 Å². The maximum Gasteiger partial charge on any atom is 0.258 e. The molecule has 1 fully saturated rings.